The molecule has 1 fully saturated rings. The van der Waals surface area contributed by atoms with Crippen molar-refractivity contribution in [1.82, 2.24) is 4.98 Å². The maximum absolute atomic E-state index is 12.4. The summed E-state index contributed by atoms with van der Waals surface area (Å²) < 4.78 is 0. The van der Waals surface area contributed by atoms with Gasteiger partial charge in [-0.25, -0.2) is 0 Å². The SMILES string of the molecule is Cc1cnccc1C(=O)C1CC1c1ccccc1. The standard InChI is InChI=1S/C16H15NO/c1-11-10-17-8-7-13(11)16(18)15-9-14(15)12-5-3-2-4-6-12/h2-8,10,14-15H,9H2,1H3. The van der Waals surface area contributed by atoms with E-state index in [1.165, 1.54) is 5.56 Å². The fraction of sp³-hybridized carbons (Fsp3) is 0.250. The fourth-order valence-corrected chi connectivity index (χ4v) is 2.50. The second-order valence-electron chi connectivity index (χ2n) is 4.91. The lowest BCUT2D eigenvalue weighted by molar-refractivity contribution is 0.0964. The van der Waals surface area contributed by atoms with Crippen LogP contribution in [0.5, 0.6) is 0 Å². The van der Waals surface area contributed by atoms with Crippen LogP contribution < -0.4 is 0 Å². The average Bonchev–Trinajstić information content (AvgIpc) is 3.20. The quantitative estimate of drug-likeness (QED) is 0.766. The van der Waals surface area contributed by atoms with E-state index < -0.39 is 0 Å². The zero-order valence-electron chi connectivity index (χ0n) is 10.3. The molecule has 0 bridgehead atoms. The molecule has 18 heavy (non-hydrogen) atoms. The summed E-state index contributed by atoms with van der Waals surface area (Å²) in [5, 5.41) is 0. The lowest BCUT2D eigenvalue weighted by Crippen LogP contribution is -2.05. The molecule has 2 heteroatoms. The van der Waals surface area contributed by atoms with Gasteiger partial charge in [0.15, 0.2) is 5.78 Å². The van der Waals surface area contributed by atoms with Crippen LogP contribution in [0.2, 0.25) is 0 Å². The van der Waals surface area contributed by atoms with Gasteiger partial charge in [-0.15, -0.1) is 0 Å². The van der Waals surface area contributed by atoms with Crippen LogP contribution in [0.15, 0.2) is 48.8 Å². The van der Waals surface area contributed by atoms with Crippen molar-refractivity contribution in [3.05, 3.63) is 65.5 Å². The molecule has 0 saturated heterocycles. The van der Waals surface area contributed by atoms with Crippen LogP contribution in [0.4, 0.5) is 0 Å². The van der Waals surface area contributed by atoms with Crippen molar-refractivity contribution in [2.75, 3.05) is 0 Å². The van der Waals surface area contributed by atoms with Crippen molar-refractivity contribution in [3.8, 4) is 0 Å². The summed E-state index contributed by atoms with van der Waals surface area (Å²) in [4.78, 5) is 16.4. The molecule has 0 radical (unpaired) electrons. The van der Waals surface area contributed by atoms with Gasteiger partial charge in [0.25, 0.3) is 0 Å². The van der Waals surface area contributed by atoms with E-state index in [-0.39, 0.29) is 11.7 Å². The van der Waals surface area contributed by atoms with E-state index in [0.717, 1.165) is 17.5 Å². The predicted molar refractivity (Wildman–Crippen MR) is 70.6 cm³/mol. The highest BCUT2D eigenvalue weighted by Gasteiger charge is 2.44. The highest BCUT2D eigenvalue weighted by Crippen LogP contribution is 2.49. The number of nitrogens with zero attached hydrogens (tertiary/aromatic N) is 1. The molecule has 1 aliphatic rings. The molecule has 3 rings (SSSR count). The van der Waals surface area contributed by atoms with Crippen LogP contribution in [0.3, 0.4) is 0 Å². The molecule has 90 valence electrons. The van der Waals surface area contributed by atoms with Crippen LogP contribution in [0.1, 0.15) is 33.8 Å². The van der Waals surface area contributed by atoms with Crippen molar-refractivity contribution < 1.29 is 4.79 Å². The van der Waals surface area contributed by atoms with Crippen LogP contribution >= 0.6 is 0 Å². The van der Waals surface area contributed by atoms with Crippen LogP contribution in [0, 0.1) is 12.8 Å². The van der Waals surface area contributed by atoms with Crippen LogP contribution in [-0.4, -0.2) is 10.8 Å². The molecule has 0 amide bonds. The summed E-state index contributed by atoms with van der Waals surface area (Å²) in [6, 6.07) is 12.1. The normalized spacial score (nSPS) is 21.6. The Morgan fingerprint density at radius 2 is 2.00 bits per heavy atom. The van der Waals surface area contributed by atoms with Crippen molar-refractivity contribution in [2.45, 2.75) is 19.3 Å². The first-order chi connectivity index (χ1) is 8.77. The summed E-state index contributed by atoms with van der Waals surface area (Å²) >= 11 is 0. The number of aryl methyl sites for hydroxylation is 1. The van der Waals surface area contributed by atoms with Crippen molar-refractivity contribution >= 4 is 5.78 Å². The third-order valence-electron chi connectivity index (χ3n) is 3.64. The Morgan fingerprint density at radius 1 is 1.22 bits per heavy atom. The van der Waals surface area contributed by atoms with E-state index in [9.17, 15) is 4.79 Å². The van der Waals surface area contributed by atoms with E-state index in [1.807, 2.05) is 31.2 Å². The Kier molecular flexibility index (Phi) is 2.71. The highest BCUT2D eigenvalue weighted by molar-refractivity contribution is 6.01. The third kappa shape index (κ3) is 1.94. The van der Waals surface area contributed by atoms with Gasteiger partial charge in [0.2, 0.25) is 0 Å². The number of rotatable bonds is 3. The summed E-state index contributed by atoms with van der Waals surface area (Å²) in [5.74, 6) is 0.837. The average molecular weight is 237 g/mol. The number of benzene rings is 1. The first-order valence-electron chi connectivity index (χ1n) is 6.27. The van der Waals surface area contributed by atoms with Gasteiger partial charge in [-0.2, -0.15) is 0 Å². The number of carbonyl (C=O) groups is 1. The summed E-state index contributed by atoms with van der Waals surface area (Å²) in [6.07, 6.45) is 4.43. The van der Waals surface area contributed by atoms with E-state index in [1.54, 1.807) is 12.4 Å². The van der Waals surface area contributed by atoms with Gasteiger partial charge in [-0.1, -0.05) is 30.3 Å². The summed E-state index contributed by atoms with van der Waals surface area (Å²) in [5.41, 5.74) is 3.08. The molecule has 0 aliphatic heterocycles. The molecule has 2 nitrogen and oxygen atoms in total. The van der Waals surface area contributed by atoms with Gasteiger partial charge in [-0.05, 0) is 36.5 Å². The molecule has 1 aromatic heterocycles. The number of ketones is 1. The number of pyridine rings is 1. The minimum atomic E-state index is 0.161. The van der Waals surface area contributed by atoms with E-state index in [4.69, 9.17) is 0 Å². The second-order valence-corrected chi connectivity index (χ2v) is 4.91. The van der Waals surface area contributed by atoms with Crippen molar-refractivity contribution in [1.29, 1.82) is 0 Å². The molecule has 1 aliphatic carbocycles. The molecule has 0 N–H and O–H groups in total. The Labute approximate surface area is 107 Å². The van der Waals surface area contributed by atoms with Crippen LogP contribution in [0.25, 0.3) is 0 Å². The molecule has 2 atom stereocenters. The zero-order chi connectivity index (χ0) is 12.5. The number of hydrogen-bond donors (Lipinski definition) is 0. The van der Waals surface area contributed by atoms with Gasteiger partial charge >= 0.3 is 0 Å². The Bertz CT molecular complexity index is 577. The highest BCUT2D eigenvalue weighted by atomic mass is 16.1. The minimum absolute atomic E-state index is 0.161. The van der Waals surface area contributed by atoms with E-state index in [0.29, 0.717) is 5.92 Å². The van der Waals surface area contributed by atoms with Gasteiger partial charge in [0, 0.05) is 23.9 Å². The smallest absolute Gasteiger partial charge is 0.166 e. The Balaban J connectivity index is 1.80. The largest absolute Gasteiger partial charge is 0.294 e. The fourth-order valence-electron chi connectivity index (χ4n) is 2.50. The molecular formula is C16H15NO. The Morgan fingerprint density at radius 3 is 2.72 bits per heavy atom. The molecule has 0 spiro atoms. The van der Waals surface area contributed by atoms with Crippen LogP contribution in [-0.2, 0) is 0 Å². The number of hydrogen-bond acceptors (Lipinski definition) is 2. The molecule has 1 saturated carbocycles. The van der Waals surface area contributed by atoms with Crippen molar-refractivity contribution in [2.24, 2.45) is 5.92 Å². The van der Waals surface area contributed by atoms with Gasteiger partial charge in [-0.3, -0.25) is 9.78 Å². The predicted octanol–water partition coefficient (Wildman–Crippen LogP) is 3.38. The number of aromatic nitrogens is 1. The third-order valence-corrected chi connectivity index (χ3v) is 3.64. The maximum Gasteiger partial charge on any atom is 0.166 e. The molecule has 2 unspecified atom stereocenters. The molecular weight excluding hydrogens is 222 g/mol. The monoisotopic (exact) mass is 237 g/mol. The first-order valence-corrected chi connectivity index (χ1v) is 6.27. The maximum atomic E-state index is 12.4. The zero-order valence-corrected chi connectivity index (χ0v) is 10.3. The molecule has 1 aromatic carbocycles. The van der Waals surface area contributed by atoms with Gasteiger partial charge in [0.1, 0.15) is 0 Å². The summed E-state index contributed by atoms with van der Waals surface area (Å²) in [7, 11) is 0. The molecule has 1 heterocycles. The van der Waals surface area contributed by atoms with E-state index >= 15 is 0 Å². The number of Topliss-reactive ketones (excluding diaryl/α,β-unsaturated/α-hetero) is 1. The lowest BCUT2D eigenvalue weighted by Gasteiger charge is -2.03. The van der Waals surface area contributed by atoms with E-state index in [2.05, 4.69) is 17.1 Å². The minimum Gasteiger partial charge on any atom is -0.294 e. The number of carbonyl (C=O) groups excluding carboxylic acids is 1. The van der Waals surface area contributed by atoms with Gasteiger partial charge < -0.3 is 0 Å². The lowest BCUT2D eigenvalue weighted by atomic mass is 10.0. The van der Waals surface area contributed by atoms with Crippen molar-refractivity contribution in [3.63, 3.8) is 0 Å². The topological polar surface area (TPSA) is 30.0 Å². The van der Waals surface area contributed by atoms with Gasteiger partial charge in [0.05, 0.1) is 0 Å². The second kappa shape index (κ2) is 4.37. The summed E-state index contributed by atoms with van der Waals surface area (Å²) in [6.45, 7) is 1.94. The first kappa shape index (κ1) is 11.1. The Hall–Kier alpha value is -1.96. The molecule has 2 aromatic rings.